The van der Waals surface area contributed by atoms with Crippen LogP contribution in [-0.4, -0.2) is 33.7 Å². The molecule has 0 aliphatic heterocycles. The fraction of sp³-hybridized carbons (Fsp3) is 0.0714. The van der Waals surface area contributed by atoms with Crippen molar-refractivity contribution in [1.29, 1.82) is 0 Å². The lowest BCUT2D eigenvalue weighted by Crippen LogP contribution is -2.09. The summed E-state index contributed by atoms with van der Waals surface area (Å²) in [7, 11) is 3.89. The Balaban J connectivity index is 1.53. The summed E-state index contributed by atoms with van der Waals surface area (Å²) >= 11 is 0. The van der Waals surface area contributed by atoms with E-state index in [2.05, 4.69) is 16.0 Å². The van der Waals surface area contributed by atoms with E-state index in [1.54, 1.807) is 18.2 Å². The highest BCUT2D eigenvalue weighted by molar-refractivity contribution is 6.09. The third-order valence-corrected chi connectivity index (χ3v) is 5.95. The topological polar surface area (TPSA) is 63.4 Å². The molecule has 0 saturated carbocycles. The standard InChI is InChI=1S/C28H22N4O2/c1-31(2)23-17-27(30-28-21(23)9-7-11-25(28)33)34-18-13-14-20-19-8-3-4-10-22(19)32(24(20)16-18)26-12-5-6-15-29-26/h3-17,33H,1-2H3/i15D. The first-order valence-corrected chi connectivity index (χ1v) is 10.9. The van der Waals surface area contributed by atoms with Crippen LogP contribution in [-0.2, 0) is 0 Å². The van der Waals surface area contributed by atoms with Gasteiger partial charge in [0.2, 0.25) is 5.88 Å². The number of ether oxygens (including phenoxy) is 1. The molecule has 34 heavy (non-hydrogen) atoms. The van der Waals surface area contributed by atoms with Gasteiger partial charge in [0.05, 0.1) is 18.1 Å². The first-order valence-electron chi connectivity index (χ1n) is 11.4. The summed E-state index contributed by atoms with van der Waals surface area (Å²) < 4.78 is 16.3. The molecule has 0 bridgehead atoms. The monoisotopic (exact) mass is 447 g/mol. The van der Waals surface area contributed by atoms with Crippen LogP contribution in [0.3, 0.4) is 0 Å². The van der Waals surface area contributed by atoms with E-state index in [9.17, 15) is 5.11 Å². The zero-order valence-corrected chi connectivity index (χ0v) is 18.7. The molecule has 0 aliphatic carbocycles. The minimum absolute atomic E-state index is 0.105. The molecule has 6 nitrogen and oxygen atoms in total. The third-order valence-electron chi connectivity index (χ3n) is 5.95. The van der Waals surface area contributed by atoms with Crippen LogP contribution in [0.5, 0.6) is 17.4 Å². The molecule has 1 N–H and O–H groups in total. The molecule has 3 aromatic heterocycles. The Kier molecular flexibility index (Phi) is 4.33. The number of para-hydroxylation sites is 2. The predicted molar refractivity (Wildman–Crippen MR) is 136 cm³/mol. The summed E-state index contributed by atoms with van der Waals surface area (Å²) in [5, 5.41) is 13.4. The molecule has 6 aromatic rings. The minimum atomic E-state index is 0.105. The first kappa shape index (κ1) is 18.9. The summed E-state index contributed by atoms with van der Waals surface area (Å²) in [6.07, 6.45) is 0.206. The second kappa shape index (κ2) is 7.78. The van der Waals surface area contributed by atoms with Gasteiger partial charge in [-0.15, -0.1) is 0 Å². The van der Waals surface area contributed by atoms with Gasteiger partial charge in [-0.3, -0.25) is 4.57 Å². The summed E-state index contributed by atoms with van der Waals surface area (Å²) in [4.78, 5) is 11.0. The van der Waals surface area contributed by atoms with Crippen LogP contribution in [0.1, 0.15) is 1.37 Å². The molecular weight excluding hydrogens is 424 g/mol. The van der Waals surface area contributed by atoms with Crippen LogP contribution in [0, 0.1) is 0 Å². The second-order valence-corrected chi connectivity index (χ2v) is 8.31. The zero-order chi connectivity index (χ0) is 24.1. The first-order chi connectivity index (χ1) is 17.0. The van der Waals surface area contributed by atoms with Crippen molar-refractivity contribution in [2.45, 2.75) is 0 Å². The maximum absolute atomic E-state index is 10.4. The lowest BCUT2D eigenvalue weighted by Gasteiger charge is -2.17. The smallest absolute Gasteiger partial charge is 0.222 e. The maximum atomic E-state index is 10.4. The van der Waals surface area contributed by atoms with Crippen molar-refractivity contribution in [2.75, 3.05) is 19.0 Å². The molecule has 0 spiro atoms. The fourth-order valence-corrected chi connectivity index (χ4v) is 4.44. The highest BCUT2D eigenvalue weighted by Crippen LogP contribution is 2.37. The van der Waals surface area contributed by atoms with Crippen molar-refractivity contribution >= 4 is 38.4 Å². The molecule has 0 unspecified atom stereocenters. The van der Waals surface area contributed by atoms with Crippen molar-refractivity contribution < 1.29 is 11.2 Å². The normalized spacial score (nSPS) is 11.8. The third kappa shape index (κ3) is 3.19. The van der Waals surface area contributed by atoms with E-state index in [-0.39, 0.29) is 11.9 Å². The number of nitrogens with zero attached hydrogens (tertiary/aromatic N) is 4. The molecule has 6 heteroatoms. The van der Waals surface area contributed by atoms with Gasteiger partial charge in [0, 0.05) is 48.6 Å². The number of rotatable bonds is 4. The Morgan fingerprint density at radius 2 is 1.65 bits per heavy atom. The summed E-state index contributed by atoms with van der Waals surface area (Å²) in [6, 6.07) is 26.7. The second-order valence-electron chi connectivity index (χ2n) is 8.31. The van der Waals surface area contributed by atoms with E-state index in [1.165, 1.54) is 0 Å². The Hall–Kier alpha value is -4.58. The lowest BCUT2D eigenvalue weighted by molar-refractivity contribution is 0.460. The Labute approximate surface area is 197 Å². The van der Waals surface area contributed by atoms with Crippen LogP contribution < -0.4 is 9.64 Å². The van der Waals surface area contributed by atoms with Gasteiger partial charge in [-0.25, -0.2) is 9.97 Å². The van der Waals surface area contributed by atoms with E-state index in [0.29, 0.717) is 23.0 Å². The number of phenols is 1. The van der Waals surface area contributed by atoms with Crippen molar-refractivity contribution in [2.24, 2.45) is 0 Å². The average molecular weight is 448 g/mol. The van der Waals surface area contributed by atoms with Crippen LogP contribution in [0.15, 0.2) is 91.1 Å². The van der Waals surface area contributed by atoms with Crippen molar-refractivity contribution in [3.63, 3.8) is 0 Å². The van der Waals surface area contributed by atoms with Crippen molar-refractivity contribution in [3.8, 4) is 23.2 Å². The van der Waals surface area contributed by atoms with E-state index < -0.39 is 0 Å². The van der Waals surface area contributed by atoms with E-state index >= 15 is 0 Å². The molecule has 0 atom stereocenters. The molecule has 166 valence electrons. The molecule has 0 radical (unpaired) electrons. The Morgan fingerprint density at radius 3 is 2.50 bits per heavy atom. The summed E-state index contributed by atoms with van der Waals surface area (Å²) in [5.41, 5.74) is 3.30. The number of benzene rings is 3. The maximum Gasteiger partial charge on any atom is 0.222 e. The van der Waals surface area contributed by atoms with Gasteiger partial charge in [-0.2, -0.15) is 0 Å². The zero-order valence-electron chi connectivity index (χ0n) is 19.7. The van der Waals surface area contributed by atoms with Gasteiger partial charge < -0.3 is 14.7 Å². The van der Waals surface area contributed by atoms with Gasteiger partial charge in [-0.05, 0) is 36.4 Å². The number of hydrogen-bond acceptors (Lipinski definition) is 5. The number of fused-ring (bicyclic) bond motifs is 4. The van der Waals surface area contributed by atoms with Gasteiger partial charge in [-0.1, -0.05) is 36.4 Å². The van der Waals surface area contributed by atoms with Crippen LogP contribution in [0.25, 0.3) is 38.5 Å². The van der Waals surface area contributed by atoms with E-state index in [4.69, 9.17) is 6.11 Å². The Bertz CT molecular complexity index is 1740. The molecule has 0 amide bonds. The number of aromatic hydroxyl groups is 1. The molecule has 3 aromatic carbocycles. The molecule has 0 fully saturated rings. The molecule has 3 heterocycles. The van der Waals surface area contributed by atoms with E-state index in [1.807, 2.05) is 84.2 Å². The SMILES string of the molecule is [2H]c1cccc(-n2c3ccccc3c3ccc(Oc4cc(N(C)C)c5cccc(O)c5n4)cc32)n1. The predicted octanol–water partition coefficient (Wildman–Crippen LogP) is 6.29. The largest absolute Gasteiger partial charge is 0.506 e. The van der Waals surface area contributed by atoms with Gasteiger partial charge >= 0.3 is 0 Å². The van der Waals surface area contributed by atoms with Gasteiger partial charge in [0.1, 0.15) is 22.8 Å². The van der Waals surface area contributed by atoms with Crippen LogP contribution in [0.2, 0.25) is 0 Å². The van der Waals surface area contributed by atoms with Gasteiger partial charge in [0.25, 0.3) is 0 Å². The Morgan fingerprint density at radius 1 is 0.853 bits per heavy atom. The van der Waals surface area contributed by atoms with E-state index in [0.717, 1.165) is 32.9 Å². The average Bonchev–Trinajstić information content (AvgIpc) is 3.18. The van der Waals surface area contributed by atoms with Crippen molar-refractivity contribution in [3.05, 3.63) is 91.1 Å². The number of phenolic OH excluding ortho intramolecular Hbond substituents is 1. The van der Waals surface area contributed by atoms with Crippen LogP contribution in [0.4, 0.5) is 5.69 Å². The number of pyridine rings is 2. The molecule has 0 aliphatic rings. The highest BCUT2D eigenvalue weighted by Gasteiger charge is 2.15. The number of hydrogen-bond donors (Lipinski definition) is 1. The van der Waals surface area contributed by atoms with Gasteiger partial charge in [0.15, 0.2) is 0 Å². The number of anilines is 1. The summed E-state index contributed by atoms with van der Waals surface area (Å²) in [5.74, 6) is 1.77. The molecule has 6 rings (SSSR count). The summed E-state index contributed by atoms with van der Waals surface area (Å²) in [6.45, 7) is 0. The lowest BCUT2D eigenvalue weighted by atomic mass is 10.1. The van der Waals surface area contributed by atoms with Crippen LogP contribution >= 0.6 is 0 Å². The highest BCUT2D eigenvalue weighted by atomic mass is 16.5. The molecular formula is C28H22N4O2. The quantitative estimate of drug-likeness (QED) is 0.344. The van der Waals surface area contributed by atoms with Crippen molar-refractivity contribution in [1.82, 2.24) is 14.5 Å². The minimum Gasteiger partial charge on any atom is -0.506 e. The fourth-order valence-electron chi connectivity index (χ4n) is 4.44. The molecule has 0 saturated heterocycles. The number of aromatic nitrogens is 3.